The summed E-state index contributed by atoms with van der Waals surface area (Å²) < 4.78 is 0. The summed E-state index contributed by atoms with van der Waals surface area (Å²) in [6, 6.07) is 1.93. The van der Waals surface area contributed by atoms with Crippen LogP contribution in [0.15, 0.2) is 12.3 Å². The fourth-order valence-corrected chi connectivity index (χ4v) is 3.25. The van der Waals surface area contributed by atoms with Gasteiger partial charge in [0, 0.05) is 32.3 Å². The zero-order chi connectivity index (χ0) is 18.0. The summed E-state index contributed by atoms with van der Waals surface area (Å²) in [4.78, 5) is 26.5. The van der Waals surface area contributed by atoms with Crippen molar-refractivity contribution in [3.8, 4) is 0 Å². The van der Waals surface area contributed by atoms with Gasteiger partial charge in [-0.2, -0.15) is 9.97 Å². The molecule has 0 aromatic carbocycles. The van der Waals surface area contributed by atoms with E-state index in [9.17, 15) is 0 Å². The number of aryl methyl sites for hydroxylation is 2. The minimum atomic E-state index is -0.141. The van der Waals surface area contributed by atoms with E-state index in [1.54, 1.807) is 6.20 Å². The fraction of sp³-hybridized carbons (Fsp3) is 0.588. The van der Waals surface area contributed by atoms with E-state index >= 15 is 0 Å². The number of anilines is 2. The van der Waals surface area contributed by atoms with Crippen LogP contribution in [0.25, 0.3) is 0 Å². The van der Waals surface area contributed by atoms with Crippen LogP contribution in [-0.4, -0.2) is 61.8 Å². The first-order valence-corrected chi connectivity index (χ1v) is 8.54. The lowest BCUT2D eigenvalue weighted by Crippen LogP contribution is -2.60. The molecule has 0 spiro atoms. The molecule has 1 aliphatic rings. The van der Waals surface area contributed by atoms with Gasteiger partial charge < -0.3 is 14.9 Å². The van der Waals surface area contributed by atoms with Gasteiger partial charge in [-0.1, -0.05) is 0 Å². The Morgan fingerprint density at radius 2 is 1.80 bits per heavy atom. The lowest BCUT2D eigenvalue weighted by atomic mass is 9.99. The van der Waals surface area contributed by atoms with Crippen molar-refractivity contribution >= 4 is 11.8 Å². The topological polar surface area (TPSA) is 91.2 Å². The molecular formula is C17H25N7O. The Bertz CT molecular complexity index is 729. The molecule has 0 saturated carbocycles. The van der Waals surface area contributed by atoms with Crippen LogP contribution in [0.4, 0.5) is 11.8 Å². The molecule has 0 bridgehead atoms. The third kappa shape index (κ3) is 3.84. The Morgan fingerprint density at radius 3 is 2.44 bits per heavy atom. The summed E-state index contributed by atoms with van der Waals surface area (Å²) in [6.07, 6.45) is 2.23. The molecule has 0 aliphatic carbocycles. The molecule has 2 aromatic heterocycles. The minimum Gasteiger partial charge on any atom is -0.396 e. The van der Waals surface area contributed by atoms with E-state index in [0.29, 0.717) is 12.2 Å². The third-order valence-electron chi connectivity index (χ3n) is 4.33. The van der Waals surface area contributed by atoms with E-state index < -0.39 is 0 Å². The summed E-state index contributed by atoms with van der Waals surface area (Å²) in [5.41, 5.74) is -0.141. The Balaban J connectivity index is 1.82. The first-order valence-electron chi connectivity index (χ1n) is 8.54. The molecule has 3 heterocycles. The lowest BCUT2D eigenvalue weighted by molar-refractivity contribution is 0.296. The number of hydrogen-bond acceptors (Lipinski definition) is 8. The predicted molar refractivity (Wildman–Crippen MR) is 95.8 cm³/mol. The van der Waals surface area contributed by atoms with Crippen molar-refractivity contribution in [2.75, 3.05) is 36.0 Å². The molecule has 1 saturated heterocycles. The normalized spacial score (nSPS) is 17.0. The number of aliphatic hydroxyl groups excluding tert-OH is 1. The number of aliphatic hydroxyl groups is 1. The molecule has 8 heteroatoms. The summed E-state index contributed by atoms with van der Waals surface area (Å²) in [5, 5.41) is 9.11. The van der Waals surface area contributed by atoms with Crippen LogP contribution in [0, 0.1) is 13.8 Å². The van der Waals surface area contributed by atoms with Crippen LogP contribution >= 0.6 is 0 Å². The number of nitrogens with zero attached hydrogens (tertiary/aromatic N) is 7. The number of aromatic nitrogens is 5. The van der Waals surface area contributed by atoms with Crippen molar-refractivity contribution < 1.29 is 5.11 Å². The van der Waals surface area contributed by atoms with Crippen LogP contribution < -0.4 is 9.80 Å². The van der Waals surface area contributed by atoms with Crippen molar-refractivity contribution in [1.29, 1.82) is 0 Å². The number of hydrogen-bond donors (Lipinski definition) is 1. The van der Waals surface area contributed by atoms with Gasteiger partial charge >= 0.3 is 0 Å². The van der Waals surface area contributed by atoms with Crippen LogP contribution in [-0.2, 0) is 6.42 Å². The largest absolute Gasteiger partial charge is 0.396 e. The second-order valence-electron chi connectivity index (χ2n) is 6.92. The van der Waals surface area contributed by atoms with Crippen molar-refractivity contribution in [2.24, 2.45) is 0 Å². The van der Waals surface area contributed by atoms with Gasteiger partial charge in [-0.05, 0) is 33.8 Å². The highest BCUT2D eigenvalue weighted by atomic mass is 16.3. The van der Waals surface area contributed by atoms with Gasteiger partial charge in [-0.25, -0.2) is 15.0 Å². The monoisotopic (exact) mass is 343 g/mol. The smallest absolute Gasteiger partial charge is 0.228 e. The second-order valence-corrected chi connectivity index (χ2v) is 6.92. The standard InChI is InChI=1S/C17H25N7O/c1-12-19-13(2)21-16(20-12)23-8-9-24(17(3,4)11-23)15-5-7-18-14(22-15)6-10-25/h5,7,25H,6,8-11H2,1-4H3. The van der Waals surface area contributed by atoms with Crippen molar-refractivity contribution in [2.45, 2.75) is 39.7 Å². The average Bonchev–Trinajstić information content (AvgIpc) is 2.53. The Morgan fingerprint density at radius 1 is 1.08 bits per heavy atom. The molecule has 1 aliphatic heterocycles. The summed E-state index contributed by atoms with van der Waals surface area (Å²) in [5.74, 6) is 3.79. The van der Waals surface area contributed by atoms with Crippen LogP contribution in [0.5, 0.6) is 0 Å². The van der Waals surface area contributed by atoms with Crippen LogP contribution in [0.3, 0.4) is 0 Å². The summed E-state index contributed by atoms with van der Waals surface area (Å²) >= 11 is 0. The number of rotatable bonds is 4. The van der Waals surface area contributed by atoms with Crippen molar-refractivity contribution in [3.05, 3.63) is 29.7 Å². The van der Waals surface area contributed by atoms with Gasteiger partial charge in [0.05, 0.1) is 12.1 Å². The highest BCUT2D eigenvalue weighted by Crippen LogP contribution is 2.28. The minimum absolute atomic E-state index is 0.0543. The van der Waals surface area contributed by atoms with E-state index in [1.807, 2.05) is 19.9 Å². The molecule has 0 amide bonds. The van der Waals surface area contributed by atoms with Gasteiger partial charge in [-0.3, -0.25) is 0 Å². The van der Waals surface area contributed by atoms with Crippen molar-refractivity contribution in [3.63, 3.8) is 0 Å². The average molecular weight is 343 g/mol. The SMILES string of the molecule is Cc1nc(C)nc(N2CCN(c3ccnc(CCO)n3)C(C)(C)C2)n1. The maximum atomic E-state index is 9.11. The zero-order valence-corrected chi connectivity index (χ0v) is 15.3. The maximum absolute atomic E-state index is 9.11. The first kappa shape index (κ1) is 17.5. The molecule has 1 fully saturated rings. The highest BCUT2D eigenvalue weighted by Gasteiger charge is 2.35. The molecule has 0 unspecified atom stereocenters. The van der Waals surface area contributed by atoms with Gasteiger partial charge in [0.1, 0.15) is 23.3 Å². The van der Waals surface area contributed by atoms with Crippen LogP contribution in [0.1, 0.15) is 31.3 Å². The van der Waals surface area contributed by atoms with Gasteiger partial charge in [0.15, 0.2) is 0 Å². The molecule has 25 heavy (non-hydrogen) atoms. The molecule has 0 atom stereocenters. The van der Waals surface area contributed by atoms with Crippen molar-refractivity contribution in [1.82, 2.24) is 24.9 Å². The van der Waals surface area contributed by atoms with E-state index in [4.69, 9.17) is 5.11 Å². The number of piperazine rings is 1. The van der Waals surface area contributed by atoms with Gasteiger partial charge in [0.2, 0.25) is 5.95 Å². The first-order chi connectivity index (χ1) is 11.9. The van der Waals surface area contributed by atoms with Gasteiger partial charge in [-0.15, -0.1) is 0 Å². The lowest BCUT2D eigenvalue weighted by Gasteiger charge is -2.47. The Kier molecular flexibility index (Phi) is 4.80. The van der Waals surface area contributed by atoms with Gasteiger partial charge in [0.25, 0.3) is 0 Å². The van der Waals surface area contributed by atoms with E-state index in [2.05, 4.69) is 48.6 Å². The maximum Gasteiger partial charge on any atom is 0.228 e. The zero-order valence-electron chi connectivity index (χ0n) is 15.3. The summed E-state index contributed by atoms with van der Waals surface area (Å²) in [7, 11) is 0. The summed E-state index contributed by atoms with van der Waals surface area (Å²) in [6.45, 7) is 10.6. The molecule has 8 nitrogen and oxygen atoms in total. The van der Waals surface area contributed by atoms with E-state index in [-0.39, 0.29) is 12.1 Å². The molecule has 3 rings (SSSR count). The Hall–Kier alpha value is -2.35. The fourth-order valence-electron chi connectivity index (χ4n) is 3.25. The third-order valence-corrected chi connectivity index (χ3v) is 4.33. The molecule has 0 radical (unpaired) electrons. The van der Waals surface area contributed by atoms with E-state index in [1.165, 1.54) is 0 Å². The van der Waals surface area contributed by atoms with Crippen LogP contribution in [0.2, 0.25) is 0 Å². The predicted octanol–water partition coefficient (Wildman–Crippen LogP) is 0.918. The van der Waals surface area contributed by atoms with E-state index in [0.717, 1.165) is 43.0 Å². The quantitative estimate of drug-likeness (QED) is 0.876. The molecule has 2 aromatic rings. The molecule has 1 N–H and O–H groups in total. The second kappa shape index (κ2) is 6.87. The Labute approximate surface area is 148 Å². The molecular weight excluding hydrogens is 318 g/mol. The highest BCUT2D eigenvalue weighted by molar-refractivity contribution is 5.46. The molecule has 134 valence electrons.